The molecule has 0 N–H and O–H groups in total. The second-order valence-electron chi connectivity index (χ2n) is 5.98. The van der Waals surface area contributed by atoms with Crippen molar-refractivity contribution in [1.29, 1.82) is 0 Å². The van der Waals surface area contributed by atoms with E-state index in [1.54, 1.807) is 24.1 Å². The van der Waals surface area contributed by atoms with Gasteiger partial charge in [-0.15, -0.1) is 0 Å². The van der Waals surface area contributed by atoms with Crippen molar-refractivity contribution in [1.82, 2.24) is 4.90 Å². The molecular weight excluding hydrogens is 564 g/mol. The second-order valence-corrected chi connectivity index (χ2v) is 9.67. The number of ether oxygens (including phenoxy) is 2. The van der Waals surface area contributed by atoms with E-state index < -0.39 is 0 Å². The Labute approximate surface area is 202 Å². The largest absolute Gasteiger partial charge is 0.493 e. The van der Waals surface area contributed by atoms with Crippen molar-refractivity contribution in [2.24, 2.45) is 0 Å². The summed E-state index contributed by atoms with van der Waals surface area (Å²) in [6, 6.07) is 9.04. The van der Waals surface area contributed by atoms with Crippen LogP contribution in [-0.4, -0.2) is 28.8 Å². The van der Waals surface area contributed by atoms with Gasteiger partial charge < -0.3 is 9.47 Å². The summed E-state index contributed by atoms with van der Waals surface area (Å²) in [5.74, 6) is 1.10. The van der Waals surface area contributed by atoms with E-state index in [9.17, 15) is 4.79 Å². The summed E-state index contributed by atoms with van der Waals surface area (Å²) in [6.07, 6.45) is 1.82. The monoisotopic (exact) mass is 579 g/mol. The van der Waals surface area contributed by atoms with E-state index in [4.69, 9.17) is 44.9 Å². The Hall–Kier alpha value is -1.000. The first-order valence-corrected chi connectivity index (χ1v) is 11.6. The molecule has 2 aromatic rings. The number of carbonyl (C=O) groups excluding carboxylic acids is 1. The van der Waals surface area contributed by atoms with Gasteiger partial charge in [0.1, 0.15) is 10.9 Å². The minimum atomic E-state index is -0.0748. The van der Waals surface area contributed by atoms with Crippen LogP contribution in [0.3, 0.4) is 0 Å². The van der Waals surface area contributed by atoms with Crippen molar-refractivity contribution in [3.63, 3.8) is 0 Å². The first-order chi connectivity index (χ1) is 13.8. The maximum Gasteiger partial charge on any atom is 0.266 e. The Kier molecular flexibility index (Phi) is 7.72. The van der Waals surface area contributed by atoms with Crippen molar-refractivity contribution in [3.05, 3.63) is 60.0 Å². The van der Waals surface area contributed by atoms with Gasteiger partial charge in [0, 0.05) is 22.2 Å². The summed E-state index contributed by atoms with van der Waals surface area (Å²) in [5, 5.41) is 1.12. The summed E-state index contributed by atoms with van der Waals surface area (Å²) in [4.78, 5) is 14.6. The number of carbonyl (C=O) groups is 1. The SMILES string of the molecule is CCN1C(=O)/C(=C/c2cc(I)c(OCc3ccc(Cl)cc3Cl)c(OC)c2)SC1=S. The molecule has 0 atom stereocenters. The van der Waals surface area contributed by atoms with Crippen LogP contribution in [0, 0.1) is 3.57 Å². The summed E-state index contributed by atoms with van der Waals surface area (Å²) >= 11 is 20.9. The molecule has 152 valence electrons. The average molecular weight is 580 g/mol. The lowest BCUT2D eigenvalue weighted by Gasteiger charge is -2.14. The first-order valence-electron chi connectivity index (χ1n) is 8.53. The molecule has 3 rings (SSSR count). The molecule has 4 nitrogen and oxygen atoms in total. The lowest BCUT2D eigenvalue weighted by atomic mass is 10.1. The van der Waals surface area contributed by atoms with Crippen LogP contribution in [0.25, 0.3) is 6.08 Å². The quantitative estimate of drug-likeness (QED) is 0.225. The highest BCUT2D eigenvalue weighted by molar-refractivity contribution is 14.1. The highest BCUT2D eigenvalue weighted by Crippen LogP contribution is 2.38. The predicted molar refractivity (Wildman–Crippen MR) is 132 cm³/mol. The molecule has 1 aliphatic rings. The number of amides is 1. The fourth-order valence-corrected chi connectivity index (χ4v) is 5.30. The fourth-order valence-electron chi connectivity index (χ4n) is 2.68. The van der Waals surface area contributed by atoms with Crippen LogP contribution in [0.5, 0.6) is 11.5 Å². The van der Waals surface area contributed by atoms with Gasteiger partial charge in [0.2, 0.25) is 0 Å². The highest BCUT2D eigenvalue weighted by Gasteiger charge is 2.30. The van der Waals surface area contributed by atoms with E-state index in [1.165, 1.54) is 11.8 Å². The molecular formula is C20H16Cl2INO3S2. The second kappa shape index (κ2) is 9.87. The zero-order valence-electron chi connectivity index (χ0n) is 15.5. The van der Waals surface area contributed by atoms with Gasteiger partial charge in [0.25, 0.3) is 5.91 Å². The van der Waals surface area contributed by atoms with Crippen molar-refractivity contribution < 1.29 is 14.3 Å². The number of rotatable bonds is 6. The van der Waals surface area contributed by atoms with Gasteiger partial charge >= 0.3 is 0 Å². The van der Waals surface area contributed by atoms with Crippen LogP contribution in [0.15, 0.2) is 35.2 Å². The topological polar surface area (TPSA) is 38.8 Å². The van der Waals surface area contributed by atoms with Crippen LogP contribution in [-0.2, 0) is 11.4 Å². The van der Waals surface area contributed by atoms with Crippen LogP contribution in [0.2, 0.25) is 10.0 Å². The smallest absolute Gasteiger partial charge is 0.266 e. The number of likely N-dealkylation sites (N-methyl/N-ethyl adjacent to an activating group) is 1. The first kappa shape index (κ1) is 22.7. The summed E-state index contributed by atoms with van der Waals surface area (Å²) in [7, 11) is 1.58. The summed E-state index contributed by atoms with van der Waals surface area (Å²) in [5.41, 5.74) is 1.65. The van der Waals surface area contributed by atoms with Crippen LogP contribution >= 0.6 is 69.8 Å². The van der Waals surface area contributed by atoms with Gasteiger partial charge in [-0.1, -0.05) is 53.2 Å². The molecule has 0 aromatic heterocycles. The molecule has 0 saturated carbocycles. The maximum absolute atomic E-state index is 12.4. The third-order valence-corrected chi connectivity index (χ3v) is 6.89. The third kappa shape index (κ3) is 5.19. The van der Waals surface area contributed by atoms with Crippen LogP contribution in [0.1, 0.15) is 18.1 Å². The van der Waals surface area contributed by atoms with Gasteiger partial charge in [-0.05, 0) is 65.4 Å². The number of nitrogens with zero attached hydrogens (tertiary/aromatic N) is 1. The number of thiocarbonyl (C=S) groups is 1. The summed E-state index contributed by atoms with van der Waals surface area (Å²) < 4.78 is 12.9. The predicted octanol–water partition coefficient (Wildman–Crippen LogP) is 6.41. The van der Waals surface area contributed by atoms with E-state index in [0.29, 0.717) is 37.3 Å². The molecule has 0 radical (unpaired) electrons. The molecule has 0 aliphatic carbocycles. The number of halogens is 3. The standard InChI is InChI=1S/C20H16Cl2INO3S2/c1-3-24-19(25)17(29-20(24)28)8-11-6-15(23)18(16(7-11)26-2)27-10-12-4-5-13(21)9-14(12)22/h4-9H,3,10H2,1-2H3/b17-8-. The molecule has 0 spiro atoms. The third-order valence-electron chi connectivity index (χ3n) is 4.13. The zero-order chi connectivity index (χ0) is 21.1. The van der Waals surface area contributed by atoms with Gasteiger partial charge in [-0.2, -0.15) is 0 Å². The lowest BCUT2D eigenvalue weighted by Crippen LogP contribution is -2.27. The number of hydrogen-bond donors (Lipinski definition) is 0. The van der Waals surface area contributed by atoms with Gasteiger partial charge in [0.05, 0.1) is 15.6 Å². The lowest BCUT2D eigenvalue weighted by molar-refractivity contribution is -0.121. The van der Waals surface area contributed by atoms with Crippen molar-refractivity contribution in [3.8, 4) is 11.5 Å². The minimum absolute atomic E-state index is 0.0748. The molecule has 29 heavy (non-hydrogen) atoms. The number of benzene rings is 2. The Morgan fingerprint density at radius 1 is 1.28 bits per heavy atom. The highest BCUT2D eigenvalue weighted by atomic mass is 127. The molecule has 1 fully saturated rings. The van der Waals surface area contributed by atoms with Gasteiger partial charge in [-0.25, -0.2) is 0 Å². The molecule has 2 aromatic carbocycles. The van der Waals surface area contributed by atoms with E-state index in [2.05, 4.69) is 22.6 Å². The molecule has 0 bridgehead atoms. The molecule has 1 saturated heterocycles. The Balaban J connectivity index is 1.85. The number of methoxy groups -OCH3 is 1. The van der Waals surface area contributed by atoms with Crippen molar-refractivity contribution in [2.75, 3.05) is 13.7 Å². The van der Waals surface area contributed by atoms with E-state index in [-0.39, 0.29) is 12.5 Å². The molecule has 0 unspecified atom stereocenters. The molecule has 1 aliphatic heterocycles. The zero-order valence-corrected chi connectivity index (χ0v) is 20.8. The Morgan fingerprint density at radius 2 is 2.03 bits per heavy atom. The van der Waals surface area contributed by atoms with E-state index in [1.807, 2.05) is 31.2 Å². The normalized spacial score (nSPS) is 15.3. The summed E-state index contributed by atoms with van der Waals surface area (Å²) in [6.45, 7) is 2.73. The average Bonchev–Trinajstić information content (AvgIpc) is 2.94. The van der Waals surface area contributed by atoms with E-state index >= 15 is 0 Å². The van der Waals surface area contributed by atoms with Crippen molar-refractivity contribution in [2.45, 2.75) is 13.5 Å². The Morgan fingerprint density at radius 3 is 2.66 bits per heavy atom. The van der Waals surface area contributed by atoms with Gasteiger partial charge in [0.15, 0.2) is 11.5 Å². The van der Waals surface area contributed by atoms with E-state index in [0.717, 1.165) is 14.7 Å². The fraction of sp³-hybridized carbons (Fsp3) is 0.200. The number of thioether (sulfide) groups is 1. The molecule has 1 heterocycles. The number of hydrogen-bond acceptors (Lipinski definition) is 5. The minimum Gasteiger partial charge on any atom is -0.493 e. The van der Waals surface area contributed by atoms with Gasteiger partial charge in [-0.3, -0.25) is 9.69 Å². The molecule has 9 heteroatoms. The Bertz CT molecular complexity index is 1010. The molecule has 1 amide bonds. The maximum atomic E-state index is 12.4. The van der Waals surface area contributed by atoms with Crippen LogP contribution < -0.4 is 9.47 Å². The van der Waals surface area contributed by atoms with Crippen molar-refractivity contribution >= 4 is 86.1 Å². The van der Waals surface area contributed by atoms with Crippen LogP contribution in [0.4, 0.5) is 0 Å².